The number of thioether (sulfide) groups is 1. The van der Waals surface area contributed by atoms with Crippen molar-refractivity contribution in [1.29, 1.82) is 0 Å². The van der Waals surface area contributed by atoms with Gasteiger partial charge in [-0.05, 0) is 13.3 Å². The third-order valence-corrected chi connectivity index (χ3v) is 4.94. The Kier molecular flexibility index (Phi) is 3.60. The highest BCUT2D eigenvalue weighted by Gasteiger charge is 2.33. The van der Waals surface area contributed by atoms with E-state index in [1.165, 1.54) is 0 Å². The Morgan fingerprint density at radius 1 is 1.44 bits per heavy atom. The van der Waals surface area contributed by atoms with E-state index in [1.54, 1.807) is 0 Å². The minimum absolute atomic E-state index is 0.0211. The second-order valence-electron chi connectivity index (χ2n) is 4.74. The first-order valence-corrected chi connectivity index (χ1v) is 7.00. The number of hydrogen-bond donors (Lipinski definition) is 1. The molecule has 0 aromatic carbocycles. The van der Waals surface area contributed by atoms with Gasteiger partial charge in [0.05, 0.1) is 5.92 Å². The maximum atomic E-state index is 12.3. The molecule has 16 heavy (non-hydrogen) atoms. The van der Waals surface area contributed by atoms with Crippen molar-refractivity contribution in [2.45, 2.75) is 37.6 Å². The molecule has 0 spiro atoms. The number of carbonyl (C=O) groups excluding carboxylic acids is 1. The molecule has 0 radical (unpaired) electrons. The summed E-state index contributed by atoms with van der Waals surface area (Å²) in [6, 6.07) is 0.414. The number of nitrogens with two attached hydrogens (primary N) is 1. The van der Waals surface area contributed by atoms with Gasteiger partial charge in [-0.15, -0.1) is 0 Å². The van der Waals surface area contributed by atoms with Crippen molar-refractivity contribution < 1.29 is 4.79 Å². The first kappa shape index (κ1) is 12.0. The van der Waals surface area contributed by atoms with Gasteiger partial charge in [0.15, 0.2) is 0 Å². The van der Waals surface area contributed by atoms with Crippen molar-refractivity contribution in [3.63, 3.8) is 0 Å². The van der Waals surface area contributed by atoms with Gasteiger partial charge < -0.3 is 10.6 Å². The second-order valence-corrected chi connectivity index (χ2v) is 6.22. The Morgan fingerprint density at radius 3 is 2.81 bits per heavy atom. The number of carbonyl (C=O) groups is 1. The van der Waals surface area contributed by atoms with E-state index in [2.05, 4.69) is 13.8 Å². The molecule has 2 rings (SSSR count). The monoisotopic (exact) mass is 240 g/mol. The van der Waals surface area contributed by atoms with Crippen LogP contribution in [0.4, 0.5) is 0 Å². The Hall–Kier alpha value is -0.480. The van der Waals surface area contributed by atoms with E-state index in [1.807, 2.05) is 28.8 Å². The van der Waals surface area contributed by atoms with Crippen molar-refractivity contribution in [3.05, 3.63) is 12.2 Å². The smallest absolute Gasteiger partial charge is 0.229 e. The predicted molar refractivity (Wildman–Crippen MR) is 68.3 cm³/mol. The van der Waals surface area contributed by atoms with Gasteiger partial charge in [-0.25, -0.2) is 0 Å². The molecule has 1 fully saturated rings. The summed E-state index contributed by atoms with van der Waals surface area (Å²) in [7, 11) is 0. The quantitative estimate of drug-likeness (QED) is 0.702. The molecular formula is C12H20N2OS. The van der Waals surface area contributed by atoms with Crippen molar-refractivity contribution in [2.24, 2.45) is 11.7 Å². The molecule has 4 atom stereocenters. The Balaban J connectivity index is 2.01. The number of amides is 1. The molecule has 1 aliphatic heterocycles. The van der Waals surface area contributed by atoms with Crippen LogP contribution in [0.2, 0.25) is 0 Å². The fraction of sp³-hybridized carbons (Fsp3) is 0.750. The summed E-state index contributed by atoms with van der Waals surface area (Å²) in [5.74, 6) is 1.34. The lowest BCUT2D eigenvalue weighted by molar-refractivity contribution is -0.136. The third kappa shape index (κ3) is 2.28. The summed E-state index contributed by atoms with van der Waals surface area (Å²) >= 11 is 1.95. The van der Waals surface area contributed by atoms with Crippen LogP contribution < -0.4 is 5.73 Å². The molecule has 1 saturated heterocycles. The molecule has 90 valence electrons. The average molecular weight is 240 g/mol. The zero-order valence-corrected chi connectivity index (χ0v) is 10.7. The highest BCUT2D eigenvalue weighted by molar-refractivity contribution is 8.00. The molecule has 2 aliphatic rings. The molecule has 2 N–H and O–H groups in total. The van der Waals surface area contributed by atoms with Crippen LogP contribution >= 0.6 is 11.8 Å². The molecule has 3 nitrogen and oxygen atoms in total. The molecule has 0 saturated carbocycles. The van der Waals surface area contributed by atoms with E-state index in [9.17, 15) is 4.79 Å². The molecular weight excluding hydrogens is 220 g/mol. The first-order chi connectivity index (χ1) is 7.59. The third-order valence-electron chi connectivity index (χ3n) is 3.60. The predicted octanol–water partition coefficient (Wildman–Crippen LogP) is 1.24. The van der Waals surface area contributed by atoms with Crippen molar-refractivity contribution in [1.82, 2.24) is 4.90 Å². The Labute approximate surface area is 101 Å². The van der Waals surface area contributed by atoms with Gasteiger partial charge in [0, 0.05) is 29.6 Å². The summed E-state index contributed by atoms with van der Waals surface area (Å²) in [6.45, 7) is 5.23. The van der Waals surface area contributed by atoms with Gasteiger partial charge in [-0.3, -0.25) is 4.79 Å². The summed E-state index contributed by atoms with van der Waals surface area (Å²) in [6.07, 6.45) is 4.71. The fourth-order valence-corrected chi connectivity index (χ4v) is 3.47. The van der Waals surface area contributed by atoms with E-state index < -0.39 is 0 Å². The van der Waals surface area contributed by atoms with Crippen LogP contribution in [0.1, 0.15) is 20.3 Å². The number of rotatable bonds is 1. The van der Waals surface area contributed by atoms with Gasteiger partial charge in [-0.1, -0.05) is 19.1 Å². The average Bonchev–Trinajstić information content (AvgIpc) is 2.68. The summed E-state index contributed by atoms with van der Waals surface area (Å²) in [5, 5.41) is 0.539. The highest BCUT2D eigenvalue weighted by Crippen LogP contribution is 2.27. The second kappa shape index (κ2) is 4.80. The molecule has 0 aromatic rings. The molecule has 0 bridgehead atoms. The van der Waals surface area contributed by atoms with Crippen molar-refractivity contribution in [3.8, 4) is 0 Å². The minimum Gasteiger partial charge on any atom is -0.338 e. The number of nitrogens with zero attached hydrogens (tertiary/aromatic N) is 1. The van der Waals surface area contributed by atoms with Crippen LogP contribution in [0.25, 0.3) is 0 Å². The molecule has 1 heterocycles. The zero-order chi connectivity index (χ0) is 11.7. The van der Waals surface area contributed by atoms with E-state index in [4.69, 9.17) is 5.73 Å². The Morgan fingerprint density at radius 2 is 2.19 bits per heavy atom. The lowest BCUT2D eigenvalue weighted by atomic mass is 10.0. The SMILES string of the molecule is CC1SCCN(C(=O)C2C=CC(N)C2)C1C. The Bertz CT molecular complexity index is 305. The summed E-state index contributed by atoms with van der Waals surface area (Å²) in [5.41, 5.74) is 5.79. The van der Waals surface area contributed by atoms with Gasteiger partial charge in [0.1, 0.15) is 0 Å². The largest absolute Gasteiger partial charge is 0.338 e. The van der Waals surface area contributed by atoms with Crippen molar-refractivity contribution in [2.75, 3.05) is 12.3 Å². The van der Waals surface area contributed by atoms with Gasteiger partial charge in [0.25, 0.3) is 0 Å². The van der Waals surface area contributed by atoms with Gasteiger partial charge in [-0.2, -0.15) is 11.8 Å². The first-order valence-electron chi connectivity index (χ1n) is 5.95. The minimum atomic E-state index is 0.0211. The van der Waals surface area contributed by atoms with E-state index in [0.29, 0.717) is 11.3 Å². The molecule has 1 aliphatic carbocycles. The molecule has 0 aromatic heterocycles. The maximum Gasteiger partial charge on any atom is 0.229 e. The van der Waals surface area contributed by atoms with E-state index in [0.717, 1.165) is 18.7 Å². The van der Waals surface area contributed by atoms with E-state index >= 15 is 0 Å². The number of hydrogen-bond acceptors (Lipinski definition) is 3. The maximum absolute atomic E-state index is 12.3. The molecule has 4 heteroatoms. The van der Waals surface area contributed by atoms with Crippen LogP contribution in [0.15, 0.2) is 12.2 Å². The lowest BCUT2D eigenvalue weighted by Crippen LogP contribution is -2.49. The topological polar surface area (TPSA) is 46.3 Å². The standard InChI is InChI=1S/C12H20N2OS/c1-8-9(2)16-6-5-14(8)12(15)10-3-4-11(13)7-10/h3-4,8-11H,5-7,13H2,1-2H3. The van der Waals surface area contributed by atoms with Crippen LogP contribution in [0.3, 0.4) is 0 Å². The van der Waals surface area contributed by atoms with Gasteiger partial charge in [0.2, 0.25) is 5.91 Å². The zero-order valence-electron chi connectivity index (χ0n) is 9.93. The lowest BCUT2D eigenvalue weighted by Gasteiger charge is -2.38. The molecule has 1 amide bonds. The fourth-order valence-electron chi connectivity index (χ4n) is 2.37. The van der Waals surface area contributed by atoms with Crippen LogP contribution in [0.5, 0.6) is 0 Å². The van der Waals surface area contributed by atoms with E-state index in [-0.39, 0.29) is 17.9 Å². The molecule has 4 unspecified atom stereocenters. The summed E-state index contributed by atoms with van der Waals surface area (Å²) in [4.78, 5) is 14.3. The van der Waals surface area contributed by atoms with Crippen molar-refractivity contribution >= 4 is 17.7 Å². The van der Waals surface area contributed by atoms with Crippen LogP contribution in [-0.2, 0) is 4.79 Å². The summed E-state index contributed by atoms with van der Waals surface area (Å²) < 4.78 is 0. The van der Waals surface area contributed by atoms with Gasteiger partial charge >= 0.3 is 0 Å². The van der Waals surface area contributed by atoms with Crippen LogP contribution in [-0.4, -0.2) is 40.4 Å². The normalized spacial score (nSPS) is 39.1. The highest BCUT2D eigenvalue weighted by atomic mass is 32.2. The van der Waals surface area contributed by atoms with Crippen LogP contribution in [0, 0.1) is 5.92 Å².